The highest BCUT2D eigenvalue weighted by Gasteiger charge is 2.10. The highest BCUT2D eigenvalue weighted by molar-refractivity contribution is 6.31. The number of methoxy groups -OCH3 is 1. The van der Waals surface area contributed by atoms with Gasteiger partial charge in [-0.3, -0.25) is 0 Å². The molecule has 0 saturated heterocycles. The van der Waals surface area contributed by atoms with Crippen molar-refractivity contribution in [1.82, 2.24) is 14.9 Å². The number of benzene rings is 1. The molecule has 0 aliphatic rings. The number of ether oxygens (including phenoxy) is 1. The van der Waals surface area contributed by atoms with Gasteiger partial charge in [-0.1, -0.05) is 17.7 Å². The Labute approximate surface area is 122 Å². The minimum Gasteiger partial charge on any atom is -0.383 e. The smallest absolute Gasteiger partial charge is 0.129 e. The fraction of sp³-hybridized carbons (Fsp3) is 0.357. The Morgan fingerprint density at radius 2 is 2.30 bits per heavy atom. The molecule has 1 N–H and O–H groups in total. The van der Waals surface area contributed by atoms with Crippen molar-refractivity contribution in [2.75, 3.05) is 20.3 Å². The molecule has 2 rings (SSSR count). The predicted molar refractivity (Wildman–Crippen MR) is 76.3 cm³/mol. The van der Waals surface area contributed by atoms with Crippen molar-refractivity contribution in [1.29, 1.82) is 0 Å². The van der Waals surface area contributed by atoms with E-state index in [2.05, 4.69) is 10.3 Å². The lowest BCUT2D eigenvalue weighted by Gasteiger charge is -2.11. The molecule has 0 radical (unpaired) electrons. The molecule has 0 atom stereocenters. The molecule has 0 saturated carbocycles. The van der Waals surface area contributed by atoms with Crippen LogP contribution in [0.25, 0.3) is 0 Å². The summed E-state index contributed by atoms with van der Waals surface area (Å²) in [6.07, 6.45) is 3.51. The molecule has 1 aromatic carbocycles. The Hall–Kier alpha value is -1.43. The number of halogens is 2. The second-order valence-electron chi connectivity index (χ2n) is 4.34. The van der Waals surface area contributed by atoms with Crippen LogP contribution in [-0.2, 0) is 17.8 Å². The van der Waals surface area contributed by atoms with Crippen LogP contribution < -0.4 is 5.32 Å². The first-order chi connectivity index (χ1) is 9.72. The summed E-state index contributed by atoms with van der Waals surface area (Å²) >= 11 is 6.04. The minimum absolute atomic E-state index is 0.301. The van der Waals surface area contributed by atoms with E-state index < -0.39 is 0 Å². The Morgan fingerprint density at radius 3 is 3.05 bits per heavy atom. The summed E-state index contributed by atoms with van der Waals surface area (Å²) in [6, 6.07) is 4.70. The molecule has 20 heavy (non-hydrogen) atoms. The van der Waals surface area contributed by atoms with Gasteiger partial charge < -0.3 is 14.6 Å². The maximum atomic E-state index is 13.8. The summed E-state index contributed by atoms with van der Waals surface area (Å²) in [5.74, 6) is 0.532. The third kappa shape index (κ3) is 3.79. The van der Waals surface area contributed by atoms with Gasteiger partial charge in [-0.05, 0) is 12.1 Å². The average Bonchev–Trinajstić information content (AvgIpc) is 2.87. The molecule has 108 valence electrons. The molecule has 0 spiro atoms. The molecular formula is C14H17ClFN3O. The minimum atomic E-state index is -0.301. The second kappa shape index (κ2) is 7.38. The predicted octanol–water partition coefficient (Wildman–Crippen LogP) is 2.46. The van der Waals surface area contributed by atoms with Crippen LogP contribution in [0.3, 0.4) is 0 Å². The summed E-state index contributed by atoms with van der Waals surface area (Å²) in [7, 11) is 1.66. The van der Waals surface area contributed by atoms with E-state index in [-0.39, 0.29) is 5.82 Å². The molecule has 0 bridgehead atoms. The Bertz CT molecular complexity index is 539. The van der Waals surface area contributed by atoms with E-state index in [4.69, 9.17) is 16.3 Å². The molecule has 1 heterocycles. The van der Waals surface area contributed by atoms with Gasteiger partial charge in [-0.25, -0.2) is 9.37 Å². The van der Waals surface area contributed by atoms with Gasteiger partial charge in [0.1, 0.15) is 11.6 Å². The maximum Gasteiger partial charge on any atom is 0.129 e. The van der Waals surface area contributed by atoms with E-state index in [0.29, 0.717) is 30.3 Å². The number of hydrogen-bond acceptors (Lipinski definition) is 3. The van der Waals surface area contributed by atoms with Crippen molar-refractivity contribution >= 4 is 11.6 Å². The summed E-state index contributed by atoms with van der Waals surface area (Å²) < 4.78 is 20.6. The van der Waals surface area contributed by atoms with Crippen molar-refractivity contribution in [3.8, 4) is 0 Å². The lowest BCUT2D eigenvalue weighted by molar-refractivity contribution is 0.199. The Balaban J connectivity index is 2.05. The fourth-order valence-electron chi connectivity index (χ4n) is 1.88. The summed E-state index contributed by atoms with van der Waals surface area (Å²) in [5.41, 5.74) is 0.477. The first kappa shape index (κ1) is 15.0. The average molecular weight is 298 g/mol. The van der Waals surface area contributed by atoms with Gasteiger partial charge in [-0.15, -0.1) is 0 Å². The SMILES string of the molecule is COCCNCc1nccn1Cc1c(F)cccc1Cl. The van der Waals surface area contributed by atoms with Crippen molar-refractivity contribution < 1.29 is 9.13 Å². The van der Waals surface area contributed by atoms with Crippen LogP contribution in [0.1, 0.15) is 11.4 Å². The number of hydrogen-bond donors (Lipinski definition) is 1. The van der Waals surface area contributed by atoms with Gasteiger partial charge in [0, 0.05) is 36.6 Å². The van der Waals surface area contributed by atoms with E-state index in [0.717, 1.165) is 12.4 Å². The molecule has 0 aliphatic heterocycles. The van der Waals surface area contributed by atoms with Crippen LogP contribution in [0.4, 0.5) is 4.39 Å². The molecule has 0 unspecified atom stereocenters. The lowest BCUT2D eigenvalue weighted by atomic mass is 10.2. The summed E-state index contributed by atoms with van der Waals surface area (Å²) in [4.78, 5) is 4.26. The van der Waals surface area contributed by atoms with Crippen molar-refractivity contribution in [2.24, 2.45) is 0 Å². The monoisotopic (exact) mass is 297 g/mol. The molecule has 1 aromatic heterocycles. The molecule has 0 aliphatic carbocycles. The van der Waals surface area contributed by atoms with Crippen LogP contribution in [0.2, 0.25) is 5.02 Å². The first-order valence-electron chi connectivity index (χ1n) is 6.35. The number of nitrogens with zero attached hydrogens (tertiary/aromatic N) is 2. The largest absolute Gasteiger partial charge is 0.383 e. The fourth-order valence-corrected chi connectivity index (χ4v) is 2.10. The lowest BCUT2D eigenvalue weighted by Crippen LogP contribution is -2.21. The van der Waals surface area contributed by atoms with Crippen LogP contribution >= 0.6 is 11.6 Å². The number of rotatable bonds is 7. The highest BCUT2D eigenvalue weighted by Crippen LogP contribution is 2.20. The molecule has 4 nitrogen and oxygen atoms in total. The summed E-state index contributed by atoms with van der Waals surface area (Å²) in [6.45, 7) is 2.35. The van der Waals surface area contributed by atoms with E-state index in [1.807, 2.05) is 10.8 Å². The van der Waals surface area contributed by atoms with Gasteiger partial charge in [0.25, 0.3) is 0 Å². The van der Waals surface area contributed by atoms with Crippen LogP contribution in [0, 0.1) is 5.82 Å². The van der Waals surface area contributed by atoms with Gasteiger partial charge in [0.2, 0.25) is 0 Å². The van der Waals surface area contributed by atoms with Gasteiger partial charge >= 0.3 is 0 Å². The first-order valence-corrected chi connectivity index (χ1v) is 6.72. The van der Waals surface area contributed by atoms with E-state index in [1.165, 1.54) is 6.07 Å². The molecule has 0 fully saturated rings. The van der Waals surface area contributed by atoms with Crippen LogP contribution in [0.5, 0.6) is 0 Å². The molecular weight excluding hydrogens is 281 g/mol. The van der Waals surface area contributed by atoms with Crippen molar-refractivity contribution in [2.45, 2.75) is 13.1 Å². The third-order valence-electron chi connectivity index (χ3n) is 2.96. The zero-order valence-corrected chi connectivity index (χ0v) is 12.0. The summed E-state index contributed by atoms with van der Waals surface area (Å²) in [5, 5.41) is 3.64. The normalized spacial score (nSPS) is 10.9. The maximum absolute atomic E-state index is 13.8. The van der Waals surface area contributed by atoms with E-state index in [1.54, 1.807) is 25.4 Å². The van der Waals surface area contributed by atoms with Crippen LogP contribution in [0.15, 0.2) is 30.6 Å². The van der Waals surface area contributed by atoms with Gasteiger partial charge in [0.05, 0.1) is 19.7 Å². The number of imidazole rings is 1. The van der Waals surface area contributed by atoms with Crippen LogP contribution in [-0.4, -0.2) is 29.8 Å². The Kier molecular flexibility index (Phi) is 5.52. The zero-order chi connectivity index (χ0) is 14.4. The van der Waals surface area contributed by atoms with Gasteiger partial charge in [0.15, 0.2) is 0 Å². The Morgan fingerprint density at radius 1 is 1.45 bits per heavy atom. The molecule has 6 heteroatoms. The standard InChI is InChI=1S/C14H17ClFN3O/c1-20-8-6-17-9-14-18-5-7-19(14)10-11-12(15)3-2-4-13(11)16/h2-5,7,17H,6,8-10H2,1H3. The molecule has 0 amide bonds. The van der Waals surface area contributed by atoms with E-state index >= 15 is 0 Å². The third-order valence-corrected chi connectivity index (χ3v) is 3.31. The quantitative estimate of drug-likeness (QED) is 0.798. The second-order valence-corrected chi connectivity index (χ2v) is 4.75. The van der Waals surface area contributed by atoms with Gasteiger partial charge in [-0.2, -0.15) is 0 Å². The van der Waals surface area contributed by atoms with Crippen molar-refractivity contribution in [3.63, 3.8) is 0 Å². The molecule has 2 aromatic rings. The highest BCUT2D eigenvalue weighted by atomic mass is 35.5. The number of aromatic nitrogens is 2. The van der Waals surface area contributed by atoms with E-state index in [9.17, 15) is 4.39 Å². The topological polar surface area (TPSA) is 39.1 Å². The number of nitrogens with one attached hydrogen (secondary N) is 1. The zero-order valence-electron chi connectivity index (χ0n) is 11.3. The van der Waals surface area contributed by atoms with Crippen molar-refractivity contribution in [3.05, 3.63) is 52.8 Å².